The lowest BCUT2D eigenvalue weighted by Crippen LogP contribution is -2.47. The number of tetrazole rings is 1. The smallest absolute Gasteiger partial charge is 0.338 e. The van der Waals surface area contributed by atoms with E-state index >= 15 is 0 Å². The van der Waals surface area contributed by atoms with Crippen LogP contribution in [0.25, 0.3) is 5.82 Å². The third-order valence-corrected chi connectivity index (χ3v) is 6.50. The molecule has 2 aliphatic rings. The quantitative estimate of drug-likeness (QED) is 0.504. The Balaban J connectivity index is 1.05. The molecular weight excluding hydrogens is 418 g/mol. The van der Waals surface area contributed by atoms with E-state index in [-0.39, 0.29) is 12.1 Å². The van der Waals surface area contributed by atoms with Crippen molar-refractivity contribution < 1.29 is 9.53 Å². The summed E-state index contributed by atoms with van der Waals surface area (Å²) in [5, 5.41) is 11.1. The van der Waals surface area contributed by atoms with Crippen molar-refractivity contribution in [3.05, 3.63) is 65.1 Å². The SMILES string of the molecule is C[C@H]1Cc2cc(CCN3CCN(CCc4ccc(-n5cnnn5)nc4)CC3)ccc2C(=O)O1. The van der Waals surface area contributed by atoms with Gasteiger partial charge in [-0.25, -0.2) is 9.78 Å². The Morgan fingerprint density at radius 1 is 1.00 bits per heavy atom. The summed E-state index contributed by atoms with van der Waals surface area (Å²) in [5.41, 5.74) is 4.38. The highest BCUT2D eigenvalue weighted by Gasteiger charge is 2.23. The van der Waals surface area contributed by atoms with Crippen LogP contribution in [0.4, 0.5) is 0 Å². The topological polar surface area (TPSA) is 89.3 Å². The van der Waals surface area contributed by atoms with Gasteiger partial charge in [0.1, 0.15) is 12.4 Å². The van der Waals surface area contributed by atoms with E-state index in [2.05, 4.69) is 48.5 Å². The minimum absolute atomic E-state index is 0.0342. The molecule has 0 bridgehead atoms. The van der Waals surface area contributed by atoms with Crippen LogP contribution in [-0.4, -0.2) is 86.3 Å². The second-order valence-electron chi connectivity index (χ2n) is 8.87. The zero-order valence-electron chi connectivity index (χ0n) is 18.9. The van der Waals surface area contributed by atoms with Crippen molar-refractivity contribution >= 4 is 5.97 Å². The van der Waals surface area contributed by atoms with Crippen molar-refractivity contribution in [3.63, 3.8) is 0 Å². The van der Waals surface area contributed by atoms with Crippen LogP contribution in [0.15, 0.2) is 42.9 Å². The number of hydrogen-bond donors (Lipinski definition) is 0. The maximum Gasteiger partial charge on any atom is 0.338 e. The molecule has 1 atom stereocenters. The van der Waals surface area contributed by atoms with Crippen LogP contribution in [0.2, 0.25) is 0 Å². The molecule has 0 radical (unpaired) electrons. The number of pyridine rings is 1. The number of cyclic esters (lactones) is 1. The average Bonchev–Trinajstić information content (AvgIpc) is 3.37. The first kappa shape index (κ1) is 21.7. The molecule has 9 heteroatoms. The lowest BCUT2D eigenvalue weighted by atomic mass is 9.96. The predicted octanol–water partition coefficient (Wildman–Crippen LogP) is 1.56. The van der Waals surface area contributed by atoms with E-state index in [9.17, 15) is 4.79 Å². The maximum atomic E-state index is 12.0. The molecule has 0 saturated carbocycles. The highest BCUT2D eigenvalue weighted by Crippen LogP contribution is 2.22. The minimum Gasteiger partial charge on any atom is -0.459 e. The van der Waals surface area contributed by atoms with Gasteiger partial charge in [0.25, 0.3) is 0 Å². The number of ether oxygens (including phenoxy) is 1. The van der Waals surface area contributed by atoms with E-state index in [0.29, 0.717) is 0 Å². The molecule has 1 saturated heterocycles. The first-order chi connectivity index (χ1) is 16.1. The number of fused-ring (bicyclic) bond motifs is 1. The van der Waals surface area contributed by atoms with Gasteiger partial charge in [0, 0.05) is 51.9 Å². The summed E-state index contributed by atoms with van der Waals surface area (Å²) in [6.45, 7) is 8.40. The molecule has 0 N–H and O–H groups in total. The van der Waals surface area contributed by atoms with Crippen molar-refractivity contribution in [1.82, 2.24) is 35.0 Å². The van der Waals surface area contributed by atoms with Gasteiger partial charge >= 0.3 is 5.97 Å². The zero-order valence-corrected chi connectivity index (χ0v) is 18.9. The lowest BCUT2D eigenvalue weighted by molar-refractivity contribution is 0.0301. The van der Waals surface area contributed by atoms with E-state index in [1.54, 1.807) is 11.0 Å². The van der Waals surface area contributed by atoms with E-state index < -0.39 is 0 Å². The van der Waals surface area contributed by atoms with Crippen molar-refractivity contribution in [2.24, 2.45) is 0 Å². The van der Waals surface area contributed by atoms with Crippen LogP contribution in [0.5, 0.6) is 0 Å². The van der Waals surface area contributed by atoms with Crippen LogP contribution in [-0.2, 0) is 24.0 Å². The summed E-state index contributed by atoms with van der Waals surface area (Å²) in [4.78, 5) is 21.5. The van der Waals surface area contributed by atoms with E-state index in [4.69, 9.17) is 4.74 Å². The number of rotatable bonds is 7. The van der Waals surface area contributed by atoms with Gasteiger partial charge < -0.3 is 14.5 Å². The molecule has 1 aromatic carbocycles. The number of carbonyl (C=O) groups is 1. The molecule has 0 unspecified atom stereocenters. The molecule has 172 valence electrons. The molecule has 33 heavy (non-hydrogen) atoms. The maximum absolute atomic E-state index is 12.0. The fraction of sp³-hybridized carbons (Fsp3) is 0.458. The molecule has 9 nitrogen and oxygen atoms in total. The summed E-state index contributed by atoms with van der Waals surface area (Å²) in [5.74, 6) is 0.538. The highest BCUT2D eigenvalue weighted by molar-refractivity contribution is 5.92. The number of aromatic nitrogens is 5. The number of hydrogen-bond acceptors (Lipinski definition) is 8. The predicted molar refractivity (Wildman–Crippen MR) is 122 cm³/mol. The molecule has 2 aromatic heterocycles. The fourth-order valence-electron chi connectivity index (χ4n) is 4.55. The summed E-state index contributed by atoms with van der Waals surface area (Å²) in [7, 11) is 0. The number of piperazine rings is 1. The molecule has 4 heterocycles. The van der Waals surface area contributed by atoms with Gasteiger partial charge in [0.05, 0.1) is 5.56 Å². The fourth-order valence-corrected chi connectivity index (χ4v) is 4.55. The van der Waals surface area contributed by atoms with Gasteiger partial charge in [0.2, 0.25) is 0 Å². The summed E-state index contributed by atoms with van der Waals surface area (Å²) >= 11 is 0. The average molecular weight is 448 g/mol. The van der Waals surface area contributed by atoms with Gasteiger partial charge in [0.15, 0.2) is 5.82 Å². The van der Waals surface area contributed by atoms with Crippen molar-refractivity contribution in [1.29, 1.82) is 0 Å². The summed E-state index contributed by atoms with van der Waals surface area (Å²) < 4.78 is 6.88. The Hall–Kier alpha value is -3.17. The largest absolute Gasteiger partial charge is 0.459 e. The van der Waals surface area contributed by atoms with Crippen molar-refractivity contribution in [3.8, 4) is 5.82 Å². The highest BCUT2D eigenvalue weighted by atomic mass is 16.5. The number of carbonyl (C=O) groups excluding carboxylic acids is 1. The Labute approximate surface area is 193 Å². The van der Waals surface area contributed by atoms with Crippen LogP contribution in [0.1, 0.15) is 34.0 Å². The molecule has 2 aliphatic heterocycles. The van der Waals surface area contributed by atoms with Gasteiger partial charge in [-0.3, -0.25) is 0 Å². The third-order valence-electron chi connectivity index (χ3n) is 6.50. The number of nitrogens with zero attached hydrogens (tertiary/aromatic N) is 7. The zero-order chi connectivity index (χ0) is 22.6. The Kier molecular flexibility index (Phi) is 6.41. The number of benzene rings is 1. The molecular formula is C24H29N7O2. The Bertz CT molecular complexity index is 1080. The normalized spacial score (nSPS) is 19.3. The molecule has 5 rings (SSSR count). The molecule has 0 aliphatic carbocycles. The Morgan fingerprint density at radius 3 is 2.39 bits per heavy atom. The van der Waals surface area contributed by atoms with Gasteiger partial charge in [-0.2, -0.15) is 4.68 Å². The van der Waals surface area contributed by atoms with E-state index in [1.165, 1.54) is 11.1 Å². The van der Waals surface area contributed by atoms with Crippen LogP contribution < -0.4 is 0 Å². The molecule has 3 aromatic rings. The monoisotopic (exact) mass is 447 g/mol. The second kappa shape index (κ2) is 9.76. The summed E-state index contributed by atoms with van der Waals surface area (Å²) in [6.07, 6.45) is 6.22. The third kappa shape index (κ3) is 5.26. The first-order valence-electron chi connectivity index (χ1n) is 11.6. The van der Waals surface area contributed by atoms with Gasteiger partial charge in [-0.05, 0) is 59.0 Å². The van der Waals surface area contributed by atoms with Crippen molar-refractivity contribution in [2.75, 3.05) is 39.3 Å². The van der Waals surface area contributed by atoms with Crippen LogP contribution >= 0.6 is 0 Å². The van der Waals surface area contributed by atoms with E-state index in [1.807, 2.05) is 25.3 Å². The standard InChI is InChI=1S/C24H29N7O2/c1-18-14-21-15-19(2-4-22(21)24(32)33-18)6-8-29-10-12-30(13-11-29)9-7-20-3-5-23(25-16-20)31-17-26-27-28-31/h2-5,15-18H,6-14H2,1H3/t18-/m0/s1. The minimum atomic E-state index is -0.189. The van der Waals surface area contributed by atoms with E-state index in [0.717, 1.165) is 75.5 Å². The second-order valence-corrected chi connectivity index (χ2v) is 8.87. The van der Waals surface area contributed by atoms with Crippen LogP contribution in [0, 0.1) is 0 Å². The van der Waals surface area contributed by atoms with Crippen LogP contribution in [0.3, 0.4) is 0 Å². The Morgan fingerprint density at radius 2 is 1.73 bits per heavy atom. The summed E-state index contributed by atoms with van der Waals surface area (Å²) in [6, 6.07) is 10.3. The molecule has 1 fully saturated rings. The molecule has 0 spiro atoms. The molecule has 0 amide bonds. The lowest BCUT2D eigenvalue weighted by Gasteiger charge is -2.34. The van der Waals surface area contributed by atoms with Crippen molar-refractivity contribution in [2.45, 2.75) is 32.3 Å². The number of esters is 1. The first-order valence-corrected chi connectivity index (χ1v) is 11.6. The van der Waals surface area contributed by atoms with Gasteiger partial charge in [-0.1, -0.05) is 18.2 Å². The van der Waals surface area contributed by atoms with Gasteiger partial charge in [-0.15, -0.1) is 5.10 Å².